The number of hydrogen-bond acceptors (Lipinski definition) is 4. The molecule has 5 N–H and O–H groups in total. The second-order valence-electron chi connectivity index (χ2n) is 2.85. The zero-order valence-corrected chi connectivity index (χ0v) is 7.26. The summed E-state index contributed by atoms with van der Waals surface area (Å²) in [5.41, 5.74) is 4.84. The number of nitrogens with one attached hydrogen (secondary N) is 3. The Morgan fingerprint density at radius 2 is 2.00 bits per heavy atom. The second kappa shape index (κ2) is 3.11. The third kappa shape index (κ3) is 1.33. The van der Waals surface area contributed by atoms with Crippen LogP contribution < -0.4 is 17.0 Å². The van der Waals surface area contributed by atoms with Crippen LogP contribution in [-0.2, 0) is 6.42 Å². The number of nitrogens with zero attached hydrogens (tertiary/aromatic N) is 1. The molecule has 0 aliphatic carbocycles. The van der Waals surface area contributed by atoms with Crippen LogP contribution in [0, 0.1) is 0 Å². The molecule has 2 rings (SSSR count). The Labute approximate surface area is 77.4 Å². The summed E-state index contributed by atoms with van der Waals surface area (Å²) in [7, 11) is 0. The summed E-state index contributed by atoms with van der Waals surface area (Å²) in [6.07, 6.45) is 0.538. The van der Waals surface area contributed by atoms with Gasteiger partial charge in [0.05, 0.1) is 0 Å². The van der Waals surface area contributed by atoms with E-state index in [0.29, 0.717) is 18.8 Å². The molecule has 0 atom stereocenters. The normalized spacial score (nSPS) is 10.9. The van der Waals surface area contributed by atoms with Crippen molar-refractivity contribution in [2.45, 2.75) is 6.42 Å². The molecule has 2 aromatic rings. The monoisotopic (exact) mass is 195 g/mol. The maximum Gasteiger partial charge on any atom is 0.327 e. The van der Waals surface area contributed by atoms with E-state index in [-0.39, 0.29) is 11.2 Å². The molecular weight excluding hydrogens is 186 g/mol. The molecule has 0 bridgehead atoms. The Morgan fingerprint density at radius 3 is 2.71 bits per heavy atom. The minimum absolute atomic E-state index is 0.266. The summed E-state index contributed by atoms with van der Waals surface area (Å²) in [5.74, 6) is 0.592. The van der Waals surface area contributed by atoms with E-state index in [9.17, 15) is 9.59 Å². The van der Waals surface area contributed by atoms with E-state index >= 15 is 0 Å². The predicted octanol–water partition coefficient (Wildman–Crippen LogP) is -1.56. The summed E-state index contributed by atoms with van der Waals surface area (Å²) in [6, 6.07) is 0. The first-order valence-electron chi connectivity index (χ1n) is 4.12. The van der Waals surface area contributed by atoms with Crippen LogP contribution in [0.5, 0.6) is 0 Å². The van der Waals surface area contributed by atoms with Crippen molar-refractivity contribution in [1.82, 2.24) is 19.9 Å². The standard InChI is InChI=1S/C7H9N5O2/c8-2-1-3-9-4-5(10-3)11-7(14)12-6(4)13/h1-2,8H2,(H3,9,10,11,12,13,14). The van der Waals surface area contributed by atoms with Gasteiger partial charge in [-0.1, -0.05) is 0 Å². The van der Waals surface area contributed by atoms with Gasteiger partial charge < -0.3 is 10.7 Å². The number of fused-ring (bicyclic) bond motifs is 1. The Kier molecular flexibility index (Phi) is 1.93. The lowest BCUT2D eigenvalue weighted by molar-refractivity contribution is 0.898. The number of H-pyrrole nitrogens is 3. The maximum absolute atomic E-state index is 11.2. The number of rotatable bonds is 2. The molecule has 0 aliphatic rings. The number of nitrogens with two attached hydrogens (primary N) is 1. The van der Waals surface area contributed by atoms with Crippen molar-refractivity contribution in [2.24, 2.45) is 5.73 Å². The van der Waals surface area contributed by atoms with Gasteiger partial charge in [-0.25, -0.2) is 9.78 Å². The average molecular weight is 195 g/mol. The van der Waals surface area contributed by atoms with Crippen molar-refractivity contribution < 1.29 is 0 Å². The first kappa shape index (κ1) is 8.70. The molecule has 74 valence electrons. The number of hydrogen-bond donors (Lipinski definition) is 4. The van der Waals surface area contributed by atoms with Crippen LogP contribution in [0.25, 0.3) is 11.2 Å². The highest BCUT2D eigenvalue weighted by atomic mass is 16.2. The third-order valence-corrected chi connectivity index (χ3v) is 1.82. The molecule has 14 heavy (non-hydrogen) atoms. The summed E-state index contributed by atoms with van der Waals surface area (Å²) >= 11 is 0. The van der Waals surface area contributed by atoms with E-state index in [0.717, 1.165) is 0 Å². The average Bonchev–Trinajstić information content (AvgIpc) is 2.48. The minimum Gasteiger partial charge on any atom is -0.336 e. The van der Waals surface area contributed by atoms with Crippen LogP contribution in [0.2, 0.25) is 0 Å². The lowest BCUT2D eigenvalue weighted by Gasteiger charge is -1.86. The van der Waals surface area contributed by atoms with E-state index in [1.807, 2.05) is 0 Å². The van der Waals surface area contributed by atoms with Crippen molar-refractivity contribution in [2.75, 3.05) is 6.54 Å². The molecule has 2 heterocycles. The van der Waals surface area contributed by atoms with Crippen molar-refractivity contribution in [3.63, 3.8) is 0 Å². The van der Waals surface area contributed by atoms with Gasteiger partial charge in [-0.2, -0.15) is 0 Å². The van der Waals surface area contributed by atoms with Gasteiger partial charge in [0.1, 0.15) is 11.3 Å². The van der Waals surface area contributed by atoms with E-state index in [2.05, 4.69) is 19.9 Å². The van der Waals surface area contributed by atoms with Crippen LogP contribution in [0.1, 0.15) is 5.82 Å². The predicted molar refractivity (Wildman–Crippen MR) is 50.1 cm³/mol. The Morgan fingerprint density at radius 1 is 1.21 bits per heavy atom. The Balaban J connectivity index is 2.71. The van der Waals surface area contributed by atoms with Gasteiger partial charge in [0.15, 0.2) is 5.65 Å². The first-order chi connectivity index (χ1) is 6.70. The molecule has 0 saturated heterocycles. The quantitative estimate of drug-likeness (QED) is 0.463. The molecule has 0 radical (unpaired) electrons. The van der Waals surface area contributed by atoms with Crippen LogP contribution in [0.15, 0.2) is 9.59 Å². The van der Waals surface area contributed by atoms with Gasteiger partial charge >= 0.3 is 5.69 Å². The summed E-state index contributed by atoms with van der Waals surface area (Å²) in [5, 5.41) is 0. The molecule has 0 aliphatic heterocycles. The van der Waals surface area contributed by atoms with Crippen LogP contribution >= 0.6 is 0 Å². The van der Waals surface area contributed by atoms with Gasteiger partial charge in [-0.05, 0) is 6.54 Å². The summed E-state index contributed by atoms with van der Waals surface area (Å²) in [4.78, 5) is 33.4. The van der Waals surface area contributed by atoms with Gasteiger partial charge in [0.25, 0.3) is 5.56 Å². The topological polar surface area (TPSA) is 120 Å². The van der Waals surface area contributed by atoms with E-state index in [4.69, 9.17) is 5.73 Å². The van der Waals surface area contributed by atoms with Gasteiger partial charge in [-0.15, -0.1) is 0 Å². The van der Waals surface area contributed by atoms with Crippen LogP contribution in [0.4, 0.5) is 0 Å². The summed E-state index contributed by atoms with van der Waals surface area (Å²) in [6.45, 7) is 0.432. The van der Waals surface area contributed by atoms with Gasteiger partial charge in [0.2, 0.25) is 0 Å². The first-order valence-corrected chi connectivity index (χ1v) is 4.12. The van der Waals surface area contributed by atoms with Crippen molar-refractivity contribution in [3.8, 4) is 0 Å². The Hall–Kier alpha value is -1.89. The molecule has 0 aromatic carbocycles. The smallest absolute Gasteiger partial charge is 0.327 e. The van der Waals surface area contributed by atoms with E-state index < -0.39 is 11.2 Å². The molecule has 0 unspecified atom stereocenters. The largest absolute Gasteiger partial charge is 0.336 e. The molecule has 0 saturated carbocycles. The lowest BCUT2D eigenvalue weighted by atomic mass is 10.4. The molecule has 7 heteroatoms. The number of aromatic amines is 3. The van der Waals surface area contributed by atoms with Gasteiger partial charge in [0, 0.05) is 6.42 Å². The number of aromatic nitrogens is 4. The summed E-state index contributed by atoms with van der Waals surface area (Å²) < 4.78 is 0. The fraction of sp³-hybridized carbons (Fsp3) is 0.286. The van der Waals surface area contributed by atoms with Gasteiger partial charge in [-0.3, -0.25) is 14.8 Å². The van der Waals surface area contributed by atoms with Crippen LogP contribution in [0.3, 0.4) is 0 Å². The SMILES string of the molecule is NCCc1nc2[nH]c(=O)[nH]c(=O)c2[nH]1. The van der Waals surface area contributed by atoms with E-state index in [1.165, 1.54) is 0 Å². The highest BCUT2D eigenvalue weighted by molar-refractivity contribution is 5.68. The van der Waals surface area contributed by atoms with Crippen LogP contribution in [-0.4, -0.2) is 26.5 Å². The van der Waals surface area contributed by atoms with Crippen molar-refractivity contribution in [3.05, 3.63) is 26.7 Å². The zero-order chi connectivity index (χ0) is 10.1. The molecule has 0 spiro atoms. The highest BCUT2D eigenvalue weighted by Crippen LogP contribution is 2.00. The molecule has 7 nitrogen and oxygen atoms in total. The van der Waals surface area contributed by atoms with Crippen molar-refractivity contribution >= 4 is 11.2 Å². The van der Waals surface area contributed by atoms with E-state index in [1.54, 1.807) is 0 Å². The molecule has 0 amide bonds. The molecule has 0 fully saturated rings. The highest BCUT2D eigenvalue weighted by Gasteiger charge is 2.06. The Bertz CT molecular complexity index is 563. The molecular formula is C7H9N5O2. The number of imidazole rings is 1. The fourth-order valence-corrected chi connectivity index (χ4v) is 1.24. The third-order valence-electron chi connectivity index (χ3n) is 1.82. The maximum atomic E-state index is 11.2. The minimum atomic E-state index is -0.562. The second-order valence-corrected chi connectivity index (χ2v) is 2.85. The lowest BCUT2D eigenvalue weighted by Crippen LogP contribution is -2.21. The zero-order valence-electron chi connectivity index (χ0n) is 7.26. The molecule has 2 aromatic heterocycles. The fourth-order valence-electron chi connectivity index (χ4n) is 1.24. The van der Waals surface area contributed by atoms with Crippen molar-refractivity contribution in [1.29, 1.82) is 0 Å².